The lowest BCUT2D eigenvalue weighted by Gasteiger charge is -2.38. The Balaban J connectivity index is 4.62. The van der Waals surface area contributed by atoms with Gasteiger partial charge in [-0.25, -0.2) is 0 Å². The van der Waals surface area contributed by atoms with Gasteiger partial charge in [0.2, 0.25) is 0 Å². The molecule has 0 aromatic carbocycles. The molecule has 0 aromatic rings. The van der Waals surface area contributed by atoms with Crippen molar-refractivity contribution >= 4 is 8.32 Å². The van der Waals surface area contributed by atoms with E-state index in [4.69, 9.17) is 4.43 Å². The van der Waals surface area contributed by atoms with Crippen LogP contribution in [0.15, 0.2) is 17.9 Å². The molecule has 0 amide bonds. The summed E-state index contributed by atoms with van der Waals surface area (Å²) in [5, 5.41) is 0.272. The normalized spacial score (nSPS) is 13.6. The number of hydrogen-bond acceptors (Lipinski definition) is 1. The molecule has 0 saturated heterocycles. The molecule has 1 nitrogen and oxygen atoms in total. The first-order valence-electron chi connectivity index (χ1n) is 9.33. The molecule has 22 heavy (non-hydrogen) atoms. The molecule has 0 rings (SSSR count). The van der Waals surface area contributed by atoms with Crippen LogP contribution in [0.4, 0.5) is 0 Å². The molecule has 2 heteroatoms. The summed E-state index contributed by atoms with van der Waals surface area (Å²) in [4.78, 5) is 0. The molecular formula is C20H40OSi. The van der Waals surface area contributed by atoms with Gasteiger partial charge in [-0.05, 0) is 43.1 Å². The fourth-order valence-corrected chi connectivity index (χ4v) is 3.38. The lowest BCUT2D eigenvalue weighted by Crippen LogP contribution is -2.43. The van der Waals surface area contributed by atoms with Crippen LogP contribution in [0.25, 0.3) is 0 Å². The highest BCUT2D eigenvalue weighted by Crippen LogP contribution is 2.37. The Morgan fingerprint density at radius 1 is 1.00 bits per heavy atom. The first kappa shape index (κ1) is 21.7. The zero-order valence-corrected chi connectivity index (χ0v) is 17.3. The first-order chi connectivity index (χ1) is 10.2. The van der Waals surface area contributed by atoms with Crippen LogP contribution in [0.3, 0.4) is 0 Å². The molecule has 0 spiro atoms. The minimum Gasteiger partial charge on any atom is -0.410 e. The average molecular weight is 325 g/mol. The van der Waals surface area contributed by atoms with Crippen LogP contribution < -0.4 is 0 Å². The Bertz CT molecular complexity index is 332. The maximum Gasteiger partial charge on any atom is 0.192 e. The van der Waals surface area contributed by atoms with Gasteiger partial charge >= 0.3 is 0 Å². The Morgan fingerprint density at radius 2 is 1.64 bits per heavy atom. The van der Waals surface area contributed by atoms with Crippen molar-refractivity contribution < 1.29 is 4.43 Å². The van der Waals surface area contributed by atoms with Crippen LogP contribution >= 0.6 is 0 Å². The summed E-state index contributed by atoms with van der Waals surface area (Å²) < 4.78 is 6.59. The highest BCUT2D eigenvalue weighted by atomic mass is 28.4. The highest BCUT2D eigenvalue weighted by Gasteiger charge is 2.38. The summed E-state index contributed by atoms with van der Waals surface area (Å²) in [6, 6.07) is 0. The topological polar surface area (TPSA) is 9.23 Å². The SMILES string of the molecule is CCCC=C=CC(CCCCCCC)O[Si](C)(C)C(C)(C)C. The molecular weight excluding hydrogens is 284 g/mol. The van der Waals surface area contributed by atoms with E-state index >= 15 is 0 Å². The third-order valence-electron chi connectivity index (χ3n) is 4.68. The van der Waals surface area contributed by atoms with E-state index in [9.17, 15) is 0 Å². The molecule has 0 radical (unpaired) electrons. The van der Waals surface area contributed by atoms with Gasteiger partial charge in [-0.1, -0.05) is 73.1 Å². The van der Waals surface area contributed by atoms with Crippen molar-refractivity contribution in [2.45, 2.75) is 110 Å². The molecule has 1 unspecified atom stereocenters. The van der Waals surface area contributed by atoms with Crippen LogP contribution in [-0.4, -0.2) is 14.4 Å². The lowest BCUT2D eigenvalue weighted by atomic mass is 10.1. The van der Waals surface area contributed by atoms with Gasteiger partial charge in [0.15, 0.2) is 8.32 Å². The predicted molar refractivity (Wildman–Crippen MR) is 103 cm³/mol. The summed E-state index contributed by atoms with van der Waals surface area (Å²) in [7, 11) is -1.70. The Labute approximate surface area is 141 Å². The molecule has 0 aliphatic heterocycles. The van der Waals surface area contributed by atoms with Gasteiger partial charge in [0.05, 0.1) is 6.10 Å². The molecule has 0 aromatic heterocycles. The predicted octanol–water partition coefficient (Wildman–Crippen LogP) is 7.25. The monoisotopic (exact) mass is 324 g/mol. The third kappa shape index (κ3) is 9.66. The van der Waals surface area contributed by atoms with Crippen molar-refractivity contribution in [1.82, 2.24) is 0 Å². The quantitative estimate of drug-likeness (QED) is 0.221. The van der Waals surface area contributed by atoms with Crippen molar-refractivity contribution in [3.63, 3.8) is 0 Å². The van der Waals surface area contributed by atoms with E-state index in [0.29, 0.717) is 0 Å². The lowest BCUT2D eigenvalue weighted by molar-refractivity contribution is 0.211. The number of unbranched alkanes of at least 4 members (excludes halogenated alkanes) is 5. The van der Waals surface area contributed by atoms with E-state index in [0.717, 1.165) is 12.8 Å². The summed E-state index contributed by atoms with van der Waals surface area (Å²) in [5.41, 5.74) is 3.36. The van der Waals surface area contributed by atoms with Crippen LogP contribution in [0.1, 0.15) is 86.0 Å². The minimum absolute atomic E-state index is 0.246. The molecule has 0 aliphatic carbocycles. The fraction of sp³-hybridized carbons (Fsp3) is 0.850. The third-order valence-corrected chi connectivity index (χ3v) is 9.18. The molecule has 0 N–H and O–H groups in total. The van der Waals surface area contributed by atoms with E-state index in [-0.39, 0.29) is 11.1 Å². The number of rotatable bonds is 11. The van der Waals surface area contributed by atoms with Crippen molar-refractivity contribution in [2.75, 3.05) is 0 Å². The molecule has 0 heterocycles. The molecule has 0 aliphatic rings. The molecule has 0 saturated carbocycles. The van der Waals surface area contributed by atoms with E-state index in [2.05, 4.69) is 65.6 Å². The second-order valence-corrected chi connectivity index (χ2v) is 12.7. The van der Waals surface area contributed by atoms with Crippen molar-refractivity contribution in [2.24, 2.45) is 0 Å². The maximum atomic E-state index is 6.59. The van der Waals surface area contributed by atoms with Crippen molar-refractivity contribution in [1.29, 1.82) is 0 Å². The summed E-state index contributed by atoms with van der Waals surface area (Å²) in [5.74, 6) is 0. The van der Waals surface area contributed by atoms with Gasteiger partial charge in [0, 0.05) is 0 Å². The second kappa shape index (κ2) is 11.3. The van der Waals surface area contributed by atoms with Gasteiger partial charge in [-0.15, -0.1) is 5.73 Å². The summed E-state index contributed by atoms with van der Waals surface area (Å²) in [6.45, 7) is 16.1. The Morgan fingerprint density at radius 3 is 2.18 bits per heavy atom. The number of hydrogen-bond donors (Lipinski definition) is 0. The maximum absolute atomic E-state index is 6.59. The summed E-state index contributed by atoms with van der Waals surface area (Å²) in [6.07, 6.45) is 14.6. The van der Waals surface area contributed by atoms with Gasteiger partial charge in [-0.3, -0.25) is 0 Å². The van der Waals surface area contributed by atoms with Gasteiger partial charge < -0.3 is 4.43 Å². The largest absolute Gasteiger partial charge is 0.410 e. The molecule has 0 fully saturated rings. The van der Waals surface area contributed by atoms with Crippen molar-refractivity contribution in [3.05, 3.63) is 17.9 Å². The first-order valence-corrected chi connectivity index (χ1v) is 12.2. The molecule has 0 bridgehead atoms. The zero-order valence-electron chi connectivity index (χ0n) is 16.3. The van der Waals surface area contributed by atoms with Crippen LogP contribution in [0.2, 0.25) is 18.1 Å². The minimum atomic E-state index is -1.70. The van der Waals surface area contributed by atoms with Crippen LogP contribution in [0, 0.1) is 0 Å². The van der Waals surface area contributed by atoms with E-state index in [1.165, 1.54) is 38.5 Å². The average Bonchev–Trinajstić information content (AvgIpc) is 2.41. The van der Waals surface area contributed by atoms with Gasteiger partial charge in [0.1, 0.15) is 0 Å². The van der Waals surface area contributed by atoms with Crippen molar-refractivity contribution in [3.8, 4) is 0 Å². The highest BCUT2D eigenvalue weighted by molar-refractivity contribution is 6.74. The standard InChI is InChI=1S/C20H40OSi/c1-8-10-12-14-16-18-19(17-15-13-11-9-2)21-22(6,7)20(3,4)5/h13,17,19H,8-12,14,16,18H2,1-7H3. The second-order valence-electron chi connectivity index (χ2n) is 7.95. The van der Waals surface area contributed by atoms with E-state index < -0.39 is 8.32 Å². The van der Waals surface area contributed by atoms with Crippen LogP contribution in [-0.2, 0) is 4.43 Å². The molecule has 130 valence electrons. The van der Waals surface area contributed by atoms with E-state index in [1.807, 2.05) is 0 Å². The van der Waals surface area contributed by atoms with Gasteiger partial charge in [-0.2, -0.15) is 0 Å². The Hall–Kier alpha value is -0.303. The Kier molecular flexibility index (Phi) is 11.1. The zero-order chi connectivity index (χ0) is 17.1. The van der Waals surface area contributed by atoms with E-state index in [1.54, 1.807) is 0 Å². The van der Waals surface area contributed by atoms with Gasteiger partial charge in [0.25, 0.3) is 0 Å². The molecule has 1 atom stereocenters. The fourth-order valence-electron chi connectivity index (χ4n) is 2.08. The van der Waals surface area contributed by atoms with Crippen LogP contribution in [0.5, 0.6) is 0 Å². The smallest absolute Gasteiger partial charge is 0.192 e. The summed E-state index contributed by atoms with van der Waals surface area (Å²) >= 11 is 0.